The van der Waals surface area contributed by atoms with E-state index in [4.69, 9.17) is 21.1 Å². The summed E-state index contributed by atoms with van der Waals surface area (Å²) in [4.78, 5) is 12.1. The largest absolute Gasteiger partial charge is 0.497 e. The second-order valence-corrected chi connectivity index (χ2v) is 5.15. The number of hydrogen-bond acceptors (Lipinski definition) is 3. The Morgan fingerprint density at radius 1 is 1.37 bits per heavy atom. The summed E-state index contributed by atoms with van der Waals surface area (Å²) in [6.45, 7) is 0.616. The maximum atomic E-state index is 12.1. The average molecular weight is 284 g/mol. The lowest BCUT2D eigenvalue weighted by Gasteiger charge is -2.14. The number of nitrogens with one attached hydrogen (secondary N) is 1. The molecular formula is C14H18ClNO3. The standard InChI is InChI=1S/C14H18ClNO3/c1-18-10-3-4-11(12(7-10)19-2)13(17)16-9-14(8-15)5-6-14/h3-4,7H,5-6,8-9H2,1-2H3,(H,16,17). The van der Waals surface area contributed by atoms with Crippen LogP contribution in [0.3, 0.4) is 0 Å². The lowest BCUT2D eigenvalue weighted by atomic mass is 10.1. The molecule has 0 unspecified atom stereocenters. The molecule has 1 aromatic carbocycles. The summed E-state index contributed by atoms with van der Waals surface area (Å²) in [7, 11) is 3.11. The van der Waals surface area contributed by atoms with Crippen LogP contribution in [0.1, 0.15) is 23.2 Å². The van der Waals surface area contributed by atoms with Crippen LogP contribution in [0.2, 0.25) is 0 Å². The van der Waals surface area contributed by atoms with Gasteiger partial charge >= 0.3 is 0 Å². The minimum Gasteiger partial charge on any atom is -0.497 e. The summed E-state index contributed by atoms with van der Waals surface area (Å²) < 4.78 is 10.3. The van der Waals surface area contributed by atoms with E-state index in [1.807, 2.05) is 0 Å². The Bertz CT molecular complexity index is 472. The quantitative estimate of drug-likeness (QED) is 0.816. The highest BCUT2D eigenvalue weighted by Gasteiger charge is 2.41. The second-order valence-electron chi connectivity index (χ2n) is 4.88. The van der Waals surface area contributed by atoms with Gasteiger partial charge in [0.05, 0.1) is 19.8 Å². The van der Waals surface area contributed by atoms with E-state index in [2.05, 4.69) is 5.32 Å². The van der Waals surface area contributed by atoms with E-state index in [1.54, 1.807) is 25.3 Å². The van der Waals surface area contributed by atoms with E-state index >= 15 is 0 Å². The molecule has 1 aliphatic carbocycles. The molecule has 1 fully saturated rings. The fraction of sp³-hybridized carbons (Fsp3) is 0.500. The van der Waals surface area contributed by atoms with Crippen LogP contribution in [0.25, 0.3) is 0 Å². The Kier molecular flexibility index (Phi) is 4.20. The molecule has 2 rings (SSSR count). The van der Waals surface area contributed by atoms with Crippen LogP contribution in [-0.4, -0.2) is 32.6 Å². The number of rotatable bonds is 6. The average Bonchev–Trinajstić information content (AvgIpc) is 3.24. The molecule has 1 aromatic rings. The van der Waals surface area contributed by atoms with Crippen LogP contribution in [0.5, 0.6) is 11.5 Å². The predicted octanol–water partition coefficient (Wildman–Crippen LogP) is 2.45. The number of carbonyl (C=O) groups excluding carboxylic acids is 1. The topological polar surface area (TPSA) is 47.6 Å². The third kappa shape index (κ3) is 3.13. The Morgan fingerprint density at radius 2 is 2.11 bits per heavy atom. The summed E-state index contributed by atoms with van der Waals surface area (Å²) in [5.74, 6) is 1.61. The Morgan fingerprint density at radius 3 is 2.63 bits per heavy atom. The van der Waals surface area contributed by atoms with Crippen molar-refractivity contribution in [2.45, 2.75) is 12.8 Å². The molecule has 1 aliphatic rings. The van der Waals surface area contributed by atoms with Crippen molar-refractivity contribution in [3.8, 4) is 11.5 Å². The van der Waals surface area contributed by atoms with E-state index in [9.17, 15) is 4.79 Å². The minimum absolute atomic E-state index is 0.108. The number of amides is 1. The van der Waals surface area contributed by atoms with E-state index in [0.717, 1.165) is 12.8 Å². The van der Waals surface area contributed by atoms with Gasteiger partial charge in [-0.05, 0) is 25.0 Å². The van der Waals surface area contributed by atoms with Crippen molar-refractivity contribution in [1.29, 1.82) is 0 Å². The SMILES string of the molecule is COc1ccc(C(=O)NCC2(CCl)CC2)c(OC)c1. The smallest absolute Gasteiger partial charge is 0.255 e. The van der Waals surface area contributed by atoms with Crippen LogP contribution in [0.4, 0.5) is 0 Å². The highest BCUT2D eigenvalue weighted by molar-refractivity contribution is 6.18. The van der Waals surface area contributed by atoms with Crippen LogP contribution < -0.4 is 14.8 Å². The molecule has 0 atom stereocenters. The van der Waals surface area contributed by atoms with Crippen molar-refractivity contribution in [2.75, 3.05) is 26.6 Å². The van der Waals surface area contributed by atoms with Gasteiger partial charge in [0.1, 0.15) is 11.5 Å². The van der Waals surface area contributed by atoms with Gasteiger partial charge < -0.3 is 14.8 Å². The van der Waals surface area contributed by atoms with Gasteiger partial charge in [0.25, 0.3) is 5.91 Å². The monoisotopic (exact) mass is 283 g/mol. The van der Waals surface area contributed by atoms with Gasteiger partial charge in [-0.2, -0.15) is 0 Å². The van der Waals surface area contributed by atoms with Gasteiger partial charge in [0, 0.05) is 23.9 Å². The highest BCUT2D eigenvalue weighted by atomic mass is 35.5. The molecular weight excluding hydrogens is 266 g/mol. The van der Waals surface area contributed by atoms with Gasteiger partial charge in [0.15, 0.2) is 0 Å². The number of carbonyl (C=O) groups is 1. The van der Waals surface area contributed by atoms with Gasteiger partial charge in [0.2, 0.25) is 0 Å². The van der Waals surface area contributed by atoms with Crippen LogP contribution >= 0.6 is 11.6 Å². The maximum absolute atomic E-state index is 12.1. The fourth-order valence-corrected chi connectivity index (χ4v) is 2.25. The third-order valence-electron chi connectivity index (χ3n) is 3.52. The second kappa shape index (κ2) is 5.70. The molecule has 19 heavy (non-hydrogen) atoms. The fourth-order valence-electron chi connectivity index (χ4n) is 1.88. The Labute approximate surface area is 118 Å². The van der Waals surface area contributed by atoms with Crippen LogP contribution in [0, 0.1) is 5.41 Å². The first-order chi connectivity index (χ1) is 9.14. The highest BCUT2D eigenvalue weighted by Crippen LogP contribution is 2.45. The first kappa shape index (κ1) is 14.0. The first-order valence-corrected chi connectivity index (χ1v) is 6.74. The molecule has 104 valence electrons. The van der Waals surface area contributed by atoms with Gasteiger partial charge in [-0.1, -0.05) is 0 Å². The van der Waals surface area contributed by atoms with Crippen molar-refractivity contribution >= 4 is 17.5 Å². The van der Waals surface area contributed by atoms with Crippen molar-refractivity contribution in [3.63, 3.8) is 0 Å². The number of methoxy groups -OCH3 is 2. The van der Waals surface area contributed by atoms with Crippen molar-refractivity contribution in [2.24, 2.45) is 5.41 Å². The normalized spacial score (nSPS) is 15.7. The zero-order valence-corrected chi connectivity index (χ0v) is 11.9. The number of benzene rings is 1. The van der Waals surface area contributed by atoms with Gasteiger partial charge in [-0.15, -0.1) is 11.6 Å². The predicted molar refractivity (Wildman–Crippen MR) is 74.3 cm³/mol. The molecule has 1 saturated carbocycles. The van der Waals surface area contributed by atoms with Gasteiger partial charge in [-0.3, -0.25) is 4.79 Å². The van der Waals surface area contributed by atoms with Crippen molar-refractivity contribution in [1.82, 2.24) is 5.32 Å². The molecule has 0 spiro atoms. The number of alkyl halides is 1. The van der Waals surface area contributed by atoms with Crippen LogP contribution in [0.15, 0.2) is 18.2 Å². The summed E-state index contributed by atoms with van der Waals surface area (Å²) in [6.07, 6.45) is 2.16. The first-order valence-electron chi connectivity index (χ1n) is 6.20. The Balaban J connectivity index is 2.06. The van der Waals surface area contributed by atoms with E-state index < -0.39 is 0 Å². The lowest BCUT2D eigenvalue weighted by Crippen LogP contribution is -2.31. The zero-order valence-electron chi connectivity index (χ0n) is 11.2. The summed E-state index contributed by atoms with van der Waals surface area (Å²) in [6, 6.07) is 5.14. The molecule has 0 heterocycles. The molecule has 5 heteroatoms. The number of hydrogen-bond donors (Lipinski definition) is 1. The van der Waals surface area contributed by atoms with Crippen molar-refractivity contribution < 1.29 is 14.3 Å². The summed E-state index contributed by atoms with van der Waals surface area (Å²) >= 11 is 5.89. The molecule has 4 nitrogen and oxygen atoms in total. The molecule has 0 aliphatic heterocycles. The molecule has 0 bridgehead atoms. The third-order valence-corrected chi connectivity index (χ3v) is 4.08. The molecule has 1 N–H and O–H groups in total. The Hall–Kier alpha value is -1.42. The molecule has 0 saturated heterocycles. The van der Waals surface area contributed by atoms with E-state index in [1.165, 1.54) is 7.11 Å². The maximum Gasteiger partial charge on any atom is 0.255 e. The molecule has 0 radical (unpaired) electrons. The van der Waals surface area contributed by atoms with Crippen molar-refractivity contribution in [3.05, 3.63) is 23.8 Å². The lowest BCUT2D eigenvalue weighted by molar-refractivity contribution is 0.0943. The summed E-state index contributed by atoms with van der Waals surface area (Å²) in [5, 5.41) is 2.92. The zero-order chi connectivity index (χ0) is 13.9. The van der Waals surface area contributed by atoms with E-state index in [-0.39, 0.29) is 11.3 Å². The van der Waals surface area contributed by atoms with E-state index in [0.29, 0.717) is 29.5 Å². The van der Waals surface area contributed by atoms with Crippen LogP contribution in [-0.2, 0) is 0 Å². The number of halogens is 1. The van der Waals surface area contributed by atoms with Gasteiger partial charge in [-0.25, -0.2) is 0 Å². The number of ether oxygens (including phenoxy) is 2. The minimum atomic E-state index is -0.143. The molecule has 1 amide bonds. The molecule has 0 aromatic heterocycles. The summed E-state index contributed by atoms with van der Waals surface area (Å²) in [5.41, 5.74) is 0.616.